The highest BCUT2D eigenvalue weighted by atomic mass is 79.9. The Morgan fingerprint density at radius 3 is 3.00 bits per heavy atom. The van der Waals surface area contributed by atoms with Crippen LogP contribution in [0.2, 0.25) is 0 Å². The predicted molar refractivity (Wildman–Crippen MR) is 48.0 cm³/mol. The Bertz CT molecular complexity index is 384. The molecule has 4 nitrogen and oxygen atoms in total. The van der Waals surface area contributed by atoms with Crippen molar-refractivity contribution in [2.45, 2.75) is 0 Å². The van der Waals surface area contributed by atoms with E-state index in [1.807, 2.05) is 6.07 Å². The van der Waals surface area contributed by atoms with Gasteiger partial charge >= 0.3 is 5.97 Å². The maximum atomic E-state index is 11.2. The lowest BCUT2D eigenvalue weighted by molar-refractivity contribution is 0.0598. The fourth-order valence-corrected chi connectivity index (χ4v) is 1.32. The Morgan fingerprint density at radius 2 is 2.46 bits per heavy atom. The highest BCUT2D eigenvalue weighted by Crippen LogP contribution is 2.17. The Labute approximate surface area is 83.3 Å². The fraction of sp³-hybridized carbons (Fsp3) is 0.125. The predicted octanol–water partition coefficient (Wildman–Crippen LogP) is 1.50. The summed E-state index contributed by atoms with van der Waals surface area (Å²) in [6.07, 6.45) is 1.44. The van der Waals surface area contributed by atoms with E-state index in [9.17, 15) is 4.79 Å². The minimum absolute atomic E-state index is 0.160. The van der Waals surface area contributed by atoms with Crippen LogP contribution in [0.25, 0.3) is 0 Å². The summed E-state index contributed by atoms with van der Waals surface area (Å²) < 4.78 is 4.82. The molecule has 0 unspecified atom stereocenters. The molecule has 1 aromatic rings. The van der Waals surface area contributed by atoms with Crippen LogP contribution in [0.1, 0.15) is 15.9 Å². The second-order valence-corrected chi connectivity index (χ2v) is 2.88. The average molecular weight is 241 g/mol. The maximum absolute atomic E-state index is 11.2. The lowest BCUT2D eigenvalue weighted by Crippen LogP contribution is -2.06. The largest absolute Gasteiger partial charge is 0.465 e. The highest BCUT2D eigenvalue weighted by molar-refractivity contribution is 9.10. The Kier molecular flexibility index (Phi) is 2.98. The molecule has 0 radical (unpaired) electrons. The van der Waals surface area contributed by atoms with E-state index in [-0.39, 0.29) is 11.1 Å². The topological polar surface area (TPSA) is 63.0 Å². The first-order valence-electron chi connectivity index (χ1n) is 3.33. The molecule has 1 rings (SSSR count). The third-order valence-corrected chi connectivity index (χ3v) is 2.02. The van der Waals surface area contributed by atoms with E-state index in [0.29, 0.717) is 4.60 Å². The second-order valence-electron chi connectivity index (χ2n) is 2.13. The zero-order chi connectivity index (χ0) is 9.84. The summed E-state index contributed by atoms with van der Waals surface area (Å²) >= 11 is 3.07. The van der Waals surface area contributed by atoms with Crippen LogP contribution in [-0.4, -0.2) is 18.1 Å². The van der Waals surface area contributed by atoms with Gasteiger partial charge in [0, 0.05) is 6.20 Å². The summed E-state index contributed by atoms with van der Waals surface area (Å²) in [6, 6.07) is 3.34. The van der Waals surface area contributed by atoms with Crippen LogP contribution in [0.3, 0.4) is 0 Å². The fourth-order valence-electron chi connectivity index (χ4n) is 0.826. The molecule has 1 aromatic heterocycles. The van der Waals surface area contributed by atoms with Crippen LogP contribution >= 0.6 is 15.9 Å². The lowest BCUT2D eigenvalue weighted by atomic mass is 10.1. The lowest BCUT2D eigenvalue weighted by Gasteiger charge is -2.02. The average Bonchev–Trinajstić information content (AvgIpc) is 2.16. The van der Waals surface area contributed by atoms with Gasteiger partial charge in [-0.15, -0.1) is 0 Å². The smallest absolute Gasteiger partial charge is 0.341 e. The number of nitriles is 1. The van der Waals surface area contributed by atoms with E-state index in [2.05, 4.69) is 25.7 Å². The van der Waals surface area contributed by atoms with Crippen LogP contribution < -0.4 is 0 Å². The Morgan fingerprint density at radius 1 is 1.77 bits per heavy atom. The van der Waals surface area contributed by atoms with Gasteiger partial charge in [-0.25, -0.2) is 9.78 Å². The molecule has 66 valence electrons. The van der Waals surface area contributed by atoms with Gasteiger partial charge in [0.15, 0.2) is 0 Å². The monoisotopic (exact) mass is 240 g/mol. The van der Waals surface area contributed by atoms with Gasteiger partial charge < -0.3 is 4.74 Å². The molecule has 0 aliphatic carbocycles. The van der Waals surface area contributed by atoms with E-state index in [1.165, 1.54) is 19.4 Å². The molecular weight excluding hydrogens is 236 g/mol. The first kappa shape index (κ1) is 9.68. The van der Waals surface area contributed by atoms with E-state index in [4.69, 9.17) is 5.26 Å². The van der Waals surface area contributed by atoms with E-state index >= 15 is 0 Å². The summed E-state index contributed by atoms with van der Waals surface area (Å²) in [5.41, 5.74) is 0.404. The number of pyridine rings is 1. The molecule has 5 heteroatoms. The van der Waals surface area contributed by atoms with Crippen molar-refractivity contribution >= 4 is 21.9 Å². The number of hydrogen-bond acceptors (Lipinski definition) is 4. The van der Waals surface area contributed by atoms with E-state index < -0.39 is 5.97 Å². The van der Waals surface area contributed by atoms with Gasteiger partial charge in [0.1, 0.15) is 16.2 Å². The van der Waals surface area contributed by atoms with Crippen molar-refractivity contribution < 1.29 is 9.53 Å². The molecule has 1 heterocycles. The maximum Gasteiger partial charge on any atom is 0.341 e. The summed E-state index contributed by atoms with van der Waals surface area (Å²) in [6.45, 7) is 0. The number of hydrogen-bond donors (Lipinski definition) is 0. The highest BCUT2D eigenvalue weighted by Gasteiger charge is 2.16. The van der Waals surface area contributed by atoms with Crippen LogP contribution in [-0.2, 0) is 4.74 Å². The summed E-state index contributed by atoms with van der Waals surface area (Å²) in [4.78, 5) is 15.0. The molecule has 0 aromatic carbocycles. The number of aromatic nitrogens is 1. The number of carbonyl (C=O) groups excluding carboxylic acids is 1. The molecule has 0 N–H and O–H groups in total. The van der Waals surface area contributed by atoms with Gasteiger partial charge in [-0.05, 0) is 22.0 Å². The zero-order valence-corrected chi connectivity index (χ0v) is 8.33. The normalized spacial score (nSPS) is 9.00. The minimum atomic E-state index is -0.573. The number of halogens is 1. The van der Waals surface area contributed by atoms with Gasteiger partial charge in [-0.2, -0.15) is 5.26 Å². The first-order valence-corrected chi connectivity index (χ1v) is 4.13. The van der Waals surface area contributed by atoms with Crippen LogP contribution in [0.4, 0.5) is 0 Å². The molecule has 0 saturated heterocycles. The third kappa shape index (κ3) is 1.84. The zero-order valence-electron chi connectivity index (χ0n) is 6.74. The van der Waals surface area contributed by atoms with Crippen molar-refractivity contribution in [1.82, 2.24) is 4.98 Å². The number of nitrogens with zero attached hydrogens (tertiary/aromatic N) is 2. The number of esters is 1. The number of methoxy groups -OCH3 is 1. The van der Waals surface area contributed by atoms with Gasteiger partial charge in [0.2, 0.25) is 0 Å². The van der Waals surface area contributed by atoms with E-state index in [0.717, 1.165) is 0 Å². The van der Waals surface area contributed by atoms with Gasteiger partial charge in [-0.1, -0.05) is 0 Å². The molecular formula is C8H5BrN2O2. The number of ether oxygens (including phenoxy) is 1. The van der Waals surface area contributed by atoms with Crippen molar-refractivity contribution in [2.75, 3.05) is 7.11 Å². The van der Waals surface area contributed by atoms with Gasteiger partial charge in [0.25, 0.3) is 0 Å². The molecule has 0 aliphatic heterocycles. The van der Waals surface area contributed by atoms with Crippen LogP contribution in [0.5, 0.6) is 0 Å². The second kappa shape index (κ2) is 4.01. The summed E-state index contributed by atoms with van der Waals surface area (Å²) in [5.74, 6) is -0.573. The van der Waals surface area contributed by atoms with Gasteiger partial charge in [-0.3, -0.25) is 0 Å². The number of rotatable bonds is 1. The van der Waals surface area contributed by atoms with Gasteiger partial charge in [0.05, 0.1) is 12.7 Å². The minimum Gasteiger partial charge on any atom is -0.465 e. The first-order chi connectivity index (χ1) is 6.20. The molecule has 0 bridgehead atoms. The molecule has 13 heavy (non-hydrogen) atoms. The van der Waals surface area contributed by atoms with Crippen LogP contribution in [0.15, 0.2) is 16.9 Å². The summed E-state index contributed by atoms with van der Waals surface area (Å²) in [5, 5.41) is 8.68. The SMILES string of the molecule is COC(=O)c1c(C#N)ccnc1Br. The third-order valence-electron chi connectivity index (χ3n) is 1.41. The molecule has 0 atom stereocenters. The van der Waals surface area contributed by atoms with Crippen molar-refractivity contribution in [3.63, 3.8) is 0 Å². The molecule has 0 saturated carbocycles. The quantitative estimate of drug-likeness (QED) is 0.552. The van der Waals surface area contributed by atoms with Crippen molar-refractivity contribution in [3.05, 3.63) is 28.0 Å². The standard InChI is InChI=1S/C8H5BrN2O2/c1-13-8(12)6-5(4-10)2-3-11-7(6)9/h2-3H,1H3. The molecule has 0 aliphatic rings. The summed E-state index contributed by atoms with van der Waals surface area (Å²) in [7, 11) is 1.25. The number of carbonyl (C=O) groups is 1. The Balaban J connectivity index is 3.33. The van der Waals surface area contributed by atoms with E-state index in [1.54, 1.807) is 0 Å². The molecule has 0 spiro atoms. The van der Waals surface area contributed by atoms with Crippen molar-refractivity contribution in [1.29, 1.82) is 5.26 Å². The van der Waals surface area contributed by atoms with Crippen molar-refractivity contribution in [2.24, 2.45) is 0 Å². The molecule has 0 amide bonds. The van der Waals surface area contributed by atoms with Crippen LogP contribution in [0, 0.1) is 11.3 Å². The molecule has 0 fully saturated rings. The Hall–Kier alpha value is -1.41. The van der Waals surface area contributed by atoms with Crippen molar-refractivity contribution in [3.8, 4) is 6.07 Å².